The molecule has 0 aromatic heterocycles. The number of nitrogens with zero attached hydrogens (tertiary/aromatic N) is 1. The van der Waals surface area contributed by atoms with Crippen LogP contribution in [0.25, 0.3) is 0 Å². The first-order chi connectivity index (χ1) is 7.45. The van der Waals surface area contributed by atoms with E-state index in [1.165, 1.54) is 0 Å². The molecule has 0 saturated carbocycles. The number of unbranched alkanes of at least 4 members (excludes halogenated alkanes) is 1. The Kier molecular flexibility index (Phi) is 7.01. The fraction of sp³-hybridized carbons (Fsp3) is 0.750. The van der Waals surface area contributed by atoms with Gasteiger partial charge in [0, 0.05) is 12.0 Å². The van der Waals surface area contributed by atoms with Gasteiger partial charge < -0.3 is 14.6 Å². The molecule has 4 heteroatoms. The third kappa shape index (κ3) is 5.88. The van der Waals surface area contributed by atoms with Gasteiger partial charge in [0.2, 0.25) is 0 Å². The Bertz CT molecular complexity index is 234. The van der Waals surface area contributed by atoms with E-state index in [-0.39, 0.29) is 10.6 Å². The third-order valence-electron chi connectivity index (χ3n) is 2.69. The number of rotatable bonds is 8. The maximum Gasteiger partial charge on any atom is 0.333 e. The van der Waals surface area contributed by atoms with Crippen molar-refractivity contribution in [1.29, 1.82) is 0 Å². The first kappa shape index (κ1) is 15.1. The van der Waals surface area contributed by atoms with Crippen molar-refractivity contribution in [2.24, 2.45) is 0 Å². The molecule has 0 radical (unpaired) electrons. The molecule has 0 rings (SSSR count). The molecule has 0 fully saturated rings. The van der Waals surface area contributed by atoms with Crippen LogP contribution in [-0.2, 0) is 9.53 Å². The summed E-state index contributed by atoms with van der Waals surface area (Å²) in [6.45, 7) is 11.1. The number of hydroxylamine groups is 3. The average molecular weight is 229 g/mol. The summed E-state index contributed by atoms with van der Waals surface area (Å²) in [6, 6.07) is 0. The number of hydrogen-bond donors (Lipinski definition) is 0. The summed E-state index contributed by atoms with van der Waals surface area (Å²) in [4.78, 5) is 11.0. The van der Waals surface area contributed by atoms with Crippen molar-refractivity contribution in [1.82, 2.24) is 0 Å². The fourth-order valence-corrected chi connectivity index (χ4v) is 1.33. The summed E-state index contributed by atoms with van der Waals surface area (Å²) in [5, 5.41) is 11.9. The molecule has 0 aromatic carbocycles. The van der Waals surface area contributed by atoms with Crippen molar-refractivity contribution < 1.29 is 14.2 Å². The summed E-state index contributed by atoms with van der Waals surface area (Å²) >= 11 is 0. The van der Waals surface area contributed by atoms with Gasteiger partial charge in [0.25, 0.3) is 0 Å². The summed E-state index contributed by atoms with van der Waals surface area (Å²) in [6.07, 6.45) is 1.52. The Morgan fingerprint density at radius 3 is 2.31 bits per heavy atom. The molecule has 16 heavy (non-hydrogen) atoms. The van der Waals surface area contributed by atoms with E-state index in [4.69, 9.17) is 4.74 Å². The van der Waals surface area contributed by atoms with E-state index in [1.807, 2.05) is 13.8 Å². The Labute approximate surface area is 98.1 Å². The molecule has 0 N–H and O–H groups in total. The fourth-order valence-electron chi connectivity index (χ4n) is 1.33. The van der Waals surface area contributed by atoms with E-state index in [0.29, 0.717) is 31.8 Å². The lowest BCUT2D eigenvalue weighted by atomic mass is 10.3. The molecule has 0 saturated heterocycles. The Hall–Kier alpha value is -0.870. The van der Waals surface area contributed by atoms with E-state index < -0.39 is 0 Å². The van der Waals surface area contributed by atoms with Gasteiger partial charge in [-0.1, -0.05) is 6.58 Å². The van der Waals surface area contributed by atoms with Crippen LogP contribution in [0.15, 0.2) is 12.2 Å². The van der Waals surface area contributed by atoms with Gasteiger partial charge in [0.05, 0.1) is 26.2 Å². The maximum atomic E-state index is 11.9. The first-order valence-electron chi connectivity index (χ1n) is 5.85. The highest BCUT2D eigenvalue weighted by Gasteiger charge is 2.10. The number of quaternary nitrogens is 1. The highest BCUT2D eigenvalue weighted by atomic mass is 16.5. The molecular formula is C12H23NO3. The molecule has 0 atom stereocenters. The zero-order valence-corrected chi connectivity index (χ0v) is 10.6. The lowest BCUT2D eigenvalue weighted by Gasteiger charge is -2.41. The summed E-state index contributed by atoms with van der Waals surface area (Å²) in [5.74, 6) is -0.353. The molecular weight excluding hydrogens is 206 g/mol. The Morgan fingerprint density at radius 1 is 1.31 bits per heavy atom. The lowest BCUT2D eigenvalue weighted by molar-refractivity contribution is -0.877. The number of carbonyl (C=O) groups excluding carboxylic acids is 1. The van der Waals surface area contributed by atoms with Crippen LogP contribution >= 0.6 is 0 Å². The molecule has 0 unspecified atom stereocenters. The molecule has 0 aromatic rings. The van der Waals surface area contributed by atoms with Crippen molar-refractivity contribution >= 4 is 5.97 Å². The van der Waals surface area contributed by atoms with Gasteiger partial charge in [0.1, 0.15) is 0 Å². The molecule has 0 bridgehead atoms. The minimum atomic E-state index is -0.353. The van der Waals surface area contributed by atoms with Gasteiger partial charge in [0.15, 0.2) is 0 Å². The van der Waals surface area contributed by atoms with Crippen molar-refractivity contribution in [3.8, 4) is 0 Å². The van der Waals surface area contributed by atoms with Crippen LogP contribution in [0.5, 0.6) is 0 Å². The molecule has 0 spiro atoms. The van der Waals surface area contributed by atoms with E-state index >= 15 is 0 Å². The molecule has 0 aliphatic carbocycles. The van der Waals surface area contributed by atoms with Crippen molar-refractivity contribution in [3.63, 3.8) is 0 Å². The lowest BCUT2D eigenvalue weighted by Crippen LogP contribution is -2.42. The molecule has 0 aliphatic rings. The van der Waals surface area contributed by atoms with Crippen LogP contribution in [0.1, 0.15) is 33.6 Å². The zero-order chi connectivity index (χ0) is 12.6. The van der Waals surface area contributed by atoms with Gasteiger partial charge in [-0.3, -0.25) is 0 Å². The standard InChI is InChI=1S/C12H23NO3/c1-5-13(15,6-2)9-7-8-10-16-12(14)11(3)4/h3,5-10H2,1-2,4H3. The second-order valence-electron chi connectivity index (χ2n) is 4.04. The van der Waals surface area contributed by atoms with E-state index in [2.05, 4.69) is 6.58 Å². The molecule has 0 heterocycles. The first-order valence-corrected chi connectivity index (χ1v) is 5.85. The SMILES string of the molecule is C=C(C)C(=O)OCCCC[N+]([O-])(CC)CC. The predicted molar refractivity (Wildman–Crippen MR) is 64.6 cm³/mol. The smallest absolute Gasteiger partial charge is 0.333 e. The van der Waals surface area contributed by atoms with Gasteiger partial charge in [-0.2, -0.15) is 0 Å². The molecule has 94 valence electrons. The number of carbonyl (C=O) groups is 1. The van der Waals surface area contributed by atoms with Gasteiger partial charge in [-0.05, 0) is 27.2 Å². The molecule has 0 amide bonds. The van der Waals surface area contributed by atoms with Crippen LogP contribution in [0.3, 0.4) is 0 Å². The Balaban J connectivity index is 3.61. The minimum absolute atomic E-state index is 0.158. The van der Waals surface area contributed by atoms with Gasteiger partial charge in [-0.15, -0.1) is 0 Å². The summed E-state index contributed by atoms with van der Waals surface area (Å²) in [7, 11) is 0. The van der Waals surface area contributed by atoms with Gasteiger partial charge in [-0.25, -0.2) is 4.79 Å². The summed E-state index contributed by atoms with van der Waals surface area (Å²) in [5.41, 5.74) is 0.413. The van der Waals surface area contributed by atoms with Gasteiger partial charge >= 0.3 is 5.97 Å². The summed E-state index contributed by atoms with van der Waals surface area (Å²) < 4.78 is 4.78. The zero-order valence-electron chi connectivity index (χ0n) is 10.6. The average Bonchev–Trinajstić information content (AvgIpc) is 2.27. The minimum Gasteiger partial charge on any atom is -0.633 e. The molecule has 4 nitrogen and oxygen atoms in total. The van der Waals surface area contributed by atoms with E-state index in [9.17, 15) is 10.0 Å². The van der Waals surface area contributed by atoms with E-state index in [0.717, 1.165) is 12.8 Å². The highest BCUT2D eigenvalue weighted by molar-refractivity contribution is 5.86. The van der Waals surface area contributed by atoms with Crippen molar-refractivity contribution in [2.75, 3.05) is 26.2 Å². The third-order valence-corrected chi connectivity index (χ3v) is 2.69. The quantitative estimate of drug-likeness (QED) is 0.211. The van der Waals surface area contributed by atoms with Crippen LogP contribution in [0.4, 0.5) is 0 Å². The normalized spacial score (nSPS) is 11.2. The second-order valence-corrected chi connectivity index (χ2v) is 4.04. The van der Waals surface area contributed by atoms with Crippen LogP contribution in [0.2, 0.25) is 0 Å². The number of hydrogen-bond acceptors (Lipinski definition) is 3. The van der Waals surface area contributed by atoms with Crippen molar-refractivity contribution in [2.45, 2.75) is 33.6 Å². The number of ether oxygens (including phenoxy) is 1. The monoisotopic (exact) mass is 229 g/mol. The highest BCUT2D eigenvalue weighted by Crippen LogP contribution is 2.06. The Morgan fingerprint density at radius 2 is 1.88 bits per heavy atom. The second kappa shape index (κ2) is 7.41. The van der Waals surface area contributed by atoms with E-state index in [1.54, 1.807) is 6.92 Å². The molecule has 0 aliphatic heterocycles. The maximum absolute atomic E-state index is 11.9. The number of esters is 1. The van der Waals surface area contributed by atoms with Crippen LogP contribution in [-0.4, -0.2) is 36.9 Å². The van der Waals surface area contributed by atoms with Crippen LogP contribution in [0, 0.1) is 5.21 Å². The largest absolute Gasteiger partial charge is 0.633 e. The van der Waals surface area contributed by atoms with Crippen molar-refractivity contribution in [3.05, 3.63) is 17.4 Å². The topological polar surface area (TPSA) is 49.4 Å². The van der Waals surface area contributed by atoms with Crippen LogP contribution < -0.4 is 0 Å². The predicted octanol–water partition coefficient (Wildman–Crippen LogP) is 2.24.